The summed E-state index contributed by atoms with van der Waals surface area (Å²) in [6.45, 7) is 4.05. The van der Waals surface area contributed by atoms with Crippen LogP contribution in [0, 0.1) is 0 Å². The maximum absolute atomic E-state index is 15.3. The number of likely N-dealkylation sites (tertiary alicyclic amines) is 1. The maximum atomic E-state index is 15.3. The van der Waals surface area contributed by atoms with E-state index in [0.29, 0.717) is 53.0 Å². The number of oxazole rings is 1. The molecule has 1 fully saturated rings. The Morgan fingerprint density at radius 1 is 1.07 bits per heavy atom. The Labute approximate surface area is 268 Å². The second kappa shape index (κ2) is 12.1. The van der Waals surface area contributed by atoms with Gasteiger partial charge in [0.15, 0.2) is 5.54 Å². The molecule has 2 atom stereocenters. The van der Waals surface area contributed by atoms with Gasteiger partial charge in [-0.1, -0.05) is 30.7 Å². The van der Waals surface area contributed by atoms with Crippen LogP contribution in [0.3, 0.4) is 0 Å². The van der Waals surface area contributed by atoms with E-state index >= 15 is 4.79 Å². The van der Waals surface area contributed by atoms with E-state index in [2.05, 4.69) is 16.8 Å². The Hall–Kier alpha value is -3.90. The average Bonchev–Trinajstić information content (AvgIpc) is 3.80. The maximum Gasteiger partial charge on any atom is 0.271 e. The molecular weight excluding hydrogens is 616 g/mol. The van der Waals surface area contributed by atoms with Gasteiger partial charge in [-0.25, -0.2) is 17.7 Å². The number of amides is 1. The minimum absolute atomic E-state index is 0.0519. The van der Waals surface area contributed by atoms with Crippen LogP contribution in [0.5, 0.6) is 11.5 Å². The first kappa shape index (κ1) is 31.1. The van der Waals surface area contributed by atoms with Crippen molar-refractivity contribution in [2.45, 2.75) is 42.8 Å². The Balaban J connectivity index is 1.63. The molecule has 0 saturated carbocycles. The van der Waals surface area contributed by atoms with Gasteiger partial charge in [-0.15, -0.1) is 0 Å². The van der Waals surface area contributed by atoms with Gasteiger partial charge in [0.1, 0.15) is 17.8 Å². The van der Waals surface area contributed by atoms with E-state index in [-0.39, 0.29) is 10.6 Å². The molecule has 3 aromatic carbocycles. The smallest absolute Gasteiger partial charge is 0.271 e. The summed E-state index contributed by atoms with van der Waals surface area (Å²) in [6.07, 6.45) is 4.45. The van der Waals surface area contributed by atoms with E-state index in [0.717, 1.165) is 22.8 Å². The van der Waals surface area contributed by atoms with Crippen LogP contribution < -0.4 is 13.8 Å². The highest BCUT2D eigenvalue weighted by atomic mass is 35.5. The predicted octanol–water partition coefficient (Wildman–Crippen LogP) is 5.61. The number of hydrogen-bond acceptors (Lipinski definition) is 9. The molecule has 2 aliphatic rings. The quantitative estimate of drug-likeness (QED) is 0.216. The number of anilines is 1. The largest absolute Gasteiger partial charge is 0.497 e. The third-order valence-electron chi connectivity index (χ3n) is 8.73. The fourth-order valence-electron chi connectivity index (χ4n) is 6.51. The number of halogens is 1. The van der Waals surface area contributed by atoms with E-state index in [1.807, 2.05) is 30.1 Å². The average molecular weight is 651 g/mol. The van der Waals surface area contributed by atoms with Gasteiger partial charge < -0.3 is 18.8 Å². The van der Waals surface area contributed by atoms with E-state index in [1.165, 1.54) is 25.5 Å². The second-order valence-corrected chi connectivity index (χ2v) is 13.4. The molecule has 0 N–H and O–H groups in total. The van der Waals surface area contributed by atoms with Crippen molar-refractivity contribution >= 4 is 33.2 Å². The normalized spacial score (nSPS) is 20.2. The van der Waals surface area contributed by atoms with Crippen molar-refractivity contribution in [3.8, 4) is 11.5 Å². The first-order valence-electron chi connectivity index (χ1n) is 14.7. The number of benzene rings is 3. The Bertz CT molecular complexity index is 1820. The van der Waals surface area contributed by atoms with Gasteiger partial charge in [0.2, 0.25) is 5.89 Å². The lowest BCUT2D eigenvalue weighted by atomic mass is 9.80. The van der Waals surface area contributed by atoms with Crippen LogP contribution in [-0.2, 0) is 26.9 Å². The summed E-state index contributed by atoms with van der Waals surface area (Å²) in [4.78, 5) is 23.9. The number of carbonyl (C=O) groups is 1. The molecule has 10 nitrogen and oxygen atoms in total. The van der Waals surface area contributed by atoms with Gasteiger partial charge in [-0.05, 0) is 80.5 Å². The molecule has 2 aliphatic heterocycles. The molecule has 1 aromatic heterocycles. The number of fused-ring (bicyclic) bond motifs is 1. The van der Waals surface area contributed by atoms with Crippen LogP contribution >= 0.6 is 11.6 Å². The van der Waals surface area contributed by atoms with Crippen LogP contribution in [0.25, 0.3) is 0 Å². The van der Waals surface area contributed by atoms with Crippen LogP contribution in [0.4, 0.5) is 5.69 Å². The zero-order chi connectivity index (χ0) is 31.9. The molecule has 1 saturated heterocycles. The number of aromatic nitrogens is 1. The van der Waals surface area contributed by atoms with Gasteiger partial charge in [-0.2, -0.15) is 0 Å². The summed E-state index contributed by atoms with van der Waals surface area (Å²) in [6, 6.07) is 16.2. The van der Waals surface area contributed by atoms with E-state index in [1.54, 1.807) is 43.6 Å². The number of hydrogen-bond donors (Lipinski definition) is 0. The Kier molecular flexibility index (Phi) is 8.38. The molecule has 1 amide bonds. The highest BCUT2D eigenvalue weighted by Crippen LogP contribution is 2.56. The lowest BCUT2D eigenvalue weighted by Gasteiger charge is -2.41. The number of rotatable bonds is 10. The Morgan fingerprint density at radius 3 is 2.51 bits per heavy atom. The van der Waals surface area contributed by atoms with Gasteiger partial charge >= 0.3 is 0 Å². The standard InChI is InChI=1S/C33H35ClN4O6S/c1-5-36(2)21-22-8-14-26(30(19-22)43-4)33(37-17-6-7-29(37)31-35-16-18-44-31)27-20-23(34)9-15-28(27)38(32(33)39)45(40,41)25-12-10-24(42-3)11-13-25/h8-16,18-20,29H,5-7,17,21H2,1-4H3. The lowest BCUT2D eigenvalue weighted by Crippen LogP contribution is -2.54. The highest BCUT2D eigenvalue weighted by Gasteiger charge is 2.62. The second-order valence-electron chi connectivity index (χ2n) is 11.2. The summed E-state index contributed by atoms with van der Waals surface area (Å²) in [7, 11) is 0.684. The fourth-order valence-corrected chi connectivity index (χ4v) is 8.14. The fraction of sp³-hybridized carbons (Fsp3) is 0.333. The van der Waals surface area contributed by atoms with Crippen LogP contribution in [0.2, 0.25) is 5.02 Å². The van der Waals surface area contributed by atoms with Crippen molar-refractivity contribution in [2.75, 3.05) is 38.7 Å². The van der Waals surface area contributed by atoms with Crippen molar-refractivity contribution in [2.24, 2.45) is 0 Å². The third-order valence-corrected chi connectivity index (χ3v) is 10.7. The van der Waals surface area contributed by atoms with Gasteiger partial charge in [0.25, 0.3) is 15.9 Å². The summed E-state index contributed by atoms with van der Waals surface area (Å²) in [5, 5.41) is 0.363. The first-order valence-corrected chi connectivity index (χ1v) is 16.5. The molecule has 2 unspecified atom stereocenters. The lowest BCUT2D eigenvalue weighted by molar-refractivity contribution is -0.127. The number of sulfonamides is 1. The molecule has 6 rings (SSSR count). The number of methoxy groups -OCH3 is 2. The number of carbonyl (C=O) groups excluding carboxylic acids is 1. The van der Waals surface area contributed by atoms with Crippen molar-refractivity contribution in [1.29, 1.82) is 0 Å². The minimum atomic E-state index is -4.39. The van der Waals surface area contributed by atoms with Crippen molar-refractivity contribution in [3.63, 3.8) is 0 Å². The van der Waals surface area contributed by atoms with Gasteiger partial charge in [0.05, 0.1) is 37.0 Å². The van der Waals surface area contributed by atoms with E-state index in [9.17, 15) is 8.42 Å². The molecule has 12 heteroatoms. The molecule has 236 valence electrons. The Morgan fingerprint density at radius 2 is 1.84 bits per heavy atom. The molecule has 0 bridgehead atoms. The zero-order valence-corrected chi connectivity index (χ0v) is 27.1. The van der Waals surface area contributed by atoms with Gasteiger partial charge in [0, 0.05) is 29.2 Å². The third kappa shape index (κ3) is 5.07. The zero-order valence-electron chi connectivity index (χ0n) is 25.6. The summed E-state index contributed by atoms with van der Waals surface area (Å²) >= 11 is 6.63. The van der Waals surface area contributed by atoms with Crippen molar-refractivity contribution in [3.05, 3.63) is 101 Å². The molecule has 0 aliphatic carbocycles. The SMILES string of the molecule is CCN(C)Cc1ccc(C2(N3CCCC3c3ncco3)C(=O)N(S(=O)(=O)c3ccc(OC)cc3)c3ccc(Cl)cc32)c(OC)c1. The molecule has 45 heavy (non-hydrogen) atoms. The van der Waals surface area contributed by atoms with Crippen molar-refractivity contribution in [1.82, 2.24) is 14.8 Å². The molecule has 0 radical (unpaired) electrons. The molecular formula is C33H35ClN4O6S. The van der Waals surface area contributed by atoms with Crippen LogP contribution in [0.15, 0.2) is 82.4 Å². The van der Waals surface area contributed by atoms with E-state index < -0.39 is 27.5 Å². The number of nitrogens with zero attached hydrogens (tertiary/aromatic N) is 4. The molecule has 0 spiro atoms. The first-order chi connectivity index (χ1) is 21.7. The predicted molar refractivity (Wildman–Crippen MR) is 170 cm³/mol. The summed E-state index contributed by atoms with van der Waals surface area (Å²) in [5.41, 5.74) is 0.505. The monoisotopic (exact) mass is 650 g/mol. The van der Waals surface area contributed by atoms with Crippen molar-refractivity contribution < 1.29 is 27.1 Å². The van der Waals surface area contributed by atoms with Crippen LogP contribution in [0.1, 0.15) is 48.4 Å². The van der Waals surface area contributed by atoms with E-state index in [4.69, 9.17) is 25.5 Å². The summed E-state index contributed by atoms with van der Waals surface area (Å²) in [5.74, 6) is 0.733. The minimum Gasteiger partial charge on any atom is -0.497 e. The molecule has 3 heterocycles. The summed E-state index contributed by atoms with van der Waals surface area (Å²) < 4.78 is 46.8. The highest BCUT2D eigenvalue weighted by molar-refractivity contribution is 7.93. The molecule has 4 aromatic rings. The van der Waals surface area contributed by atoms with Crippen LogP contribution in [-0.4, -0.2) is 63.5 Å². The van der Waals surface area contributed by atoms with Gasteiger partial charge in [-0.3, -0.25) is 9.69 Å². The number of ether oxygens (including phenoxy) is 2. The topological polar surface area (TPSA) is 105 Å².